The van der Waals surface area contributed by atoms with Gasteiger partial charge in [-0.2, -0.15) is 0 Å². The number of ether oxygens (including phenoxy) is 2. The minimum atomic E-state index is -0.873. The summed E-state index contributed by atoms with van der Waals surface area (Å²) in [6, 6.07) is 6.85. The van der Waals surface area contributed by atoms with Gasteiger partial charge >= 0.3 is 5.97 Å². The SMILES string of the molecule is C[C@H](NCC1COc2ccccc2O1)C(=O)O. The second-order valence-corrected chi connectivity index (χ2v) is 3.97. The van der Waals surface area contributed by atoms with Crippen LogP contribution in [0, 0.1) is 0 Å². The summed E-state index contributed by atoms with van der Waals surface area (Å²) in [6.07, 6.45) is -0.160. The van der Waals surface area contributed by atoms with Crippen molar-refractivity contribution in [2.24, 2.45) is 0 Å². The summed E-state index contributed by atoms with van der Waals surface area (Å²) in [4.78, 5) is 10.6. The van der Waals surface area contributed by atoms with Gasteiger partial charge in [-0.1, -0.05) is 12.1 Å². The molecule has 5 heteroatoms. The zero-order valence-electron chi connectivity index (χ0n) is 9.55. The normalized spacial score (nSPS) is 19.7. The molecule has 92 valence electrons. The molecule has 0 spiro atoms. The standard InChI is InChI=1S/C12H15NO4/c1-8(12(14)15)13-6-9-7-16-10-4-2-3-5-11(10)17-9/h2-5,8-9,13H,6-7H2,1H3,(H,14,15)/t8-,9?/m0/s1. The molecule has 1 heterocycles. The highest BCUT2D eigenvalue weighted by Gasteiger charge is 2.21. The molecule has 0 aromatic heterocycles. The van der Waals surface area contributed by atoms with Crippen LogP contribution in [0.2, 0.25) is 0 Å². The summed E-state index contributed by atoms with van der Waals surface area (Å²) in [7, 11) is 0. The predicted molar refractivity (Wildman–Crippen MR) is 61.5 cm³/mol. The lowest BCUT2D eigenvalue weighted by molar-refractivity contribution is -0.139. The number of fused-ring (bicyclic) bond motifs is 1. The smallest absolute Gasteiger partial charge is 0.320 e. The minimum Gasteiger partial charge on any atom is -0.486 e. The maximum absolute atomic E-state index is 10.6. The first-order valence-electron chi connectivity index (χ1n) is 5.51. The number of nitrogens with one attached hydrogen (secondary N) is 1. The highest BCUT2D eigenvalue weighted by Crippen LogP contribution is 2.30. The largest absolute Gasteiger partial charge is 0.486 e. The Morgan fingerprint density at radius 2 is 2.24 bits per heavy atom. The Morgan fingerprint density at radius 3 is 2.94 bits per heavy atom. The number of para-hydroxylation sites is 2. The van der Waals surface area contributed by atoms with Crippen LogP contribution >= 0.6 is 0 Å². The van der Waals surface area contributed by atoms with Crippen molar-refractivity contribution in [3.05, 3.63) is 24.3 Å². The summed E-state index contributed by atoms with van der Waals surface area (Å²) in [5, 5.41) is 11.6. The van der Waals surface area contributed by atoms with E-state index < -0.39 is 12.0 Å². The third-order valence-corrected chi connectivity index (χ3v) is 2.59. The summed E-state index contributed by atoms with van der Waals surface area (Å²) < 4.78 is 11.2. The molecule has 0 saturated carbocycles. The van der Waals surface area contributed by atoms with E-state index in [-0.39, 0.29) is 6.10 Å². The van der Waals surface area contributed by atoms with Crippen molar-refractivity contribution in [2.45, 2.75) is 19.1 Å². The number of aliphatic carboxylic acids is 1. The van der Waals surface area contributed by atoms with Gasteiger partial charge < -0.3 is 19.9 Å². The van der Waals surface area contributed by atoms with E-state index in [9.17, 15) is 4.79 Å². The Balaban J connectivity index is 1.88. The Labute approximate surface area is 99.3 Å². The molecule has 0 amide bonds. The molecule has 2 atom stereocenters. The fraction of sp³-hybridized carbons (Fsp3) is 0.417. The highest BCUT2D eigenvalue weighted by atomic mass is 16.6. The first kappa shape index (κ1) is 11.7. The van der Waals surface area contributed by atoms with Crippen LogP contribution in [0.4, 0.5) is 0 Å². The van der Waals surface area contributed by atoms with Crippen molar-refractivity contribution in [2.75, 3.05) is 13.2 Å². The van der Waals surface area contributed by atoms with Crippen LogP contribution in [0.25, 0.3) is 0 Å². The molecule has 1 aliphatic heterocycles. The second-order valence-electron chi connectivity index (χ2n) is 3.97. The number of carbonyl (C=O) groups is 1. The molecule has 0 radical (unpaired) electrons. The predicted octanol–water partition coefficient (Wildman–Crippen LogP) is 0.889. The van der Waals surface area contributed by atoms with Gasteiger partial charge in [-0.3, -0.25) is 4.79 Å². The van der Waals surface area contributed by atoms with Crippen molar-refractivity contribution in [3.63, 3.8) is 0 Å². The van der Waals surface area contributed by atoms with Gasteiger partial charge in [-0.15, -0.1) is 0 Å². The molecular weight excluding hydrogens is 222 g/mol. The summed E-state index contributed by atoms with van der Waals surface area (Å²) in [6.45, 7) is 2.47. The number of rotatable bonds is 4. The van der Waals surface area contributed by atoms with E-state index in [2.05, 4.69) is 5.32 Å². The van der Waals surface area contributed by atoms with Gasteiger partial charge in [0.25, 0.3) is 0 Å². The van der Waals surface area contributed by atoms with Crippen LogP contribution < -0.4 is 14.8 Å². The fourth-order valence-corrected chi connectivity index (χ4v) is 1.56. The summed E-state index contributed by atoms with van der Waals surface area (Å²) in [5.74, 6) is 0.561. The molecule has 0 saturated heterocycles. The van der Waals surface area contributed by atoms with Crippen molar-refractivity contribution in [1.82, 2.24) is 5.32 Å². The van der Waals surface area contributed by atoms with E-state index in [0.717, 1.165) is 5.75 Å². The monoisotopic (exact) mass is 237 g/mol. The van der Waals surface area contributed by atoms with Gasteiger partial charge in [0.05, 0.1) is 0 Å². The molecule has 0 aliphatic carbocycles. The average Bonchev–Trinajstić information content (AvgIpc) is 2.35. The van der Waals surface area contributed by atoms with Gasteiger partial charge in [0.15, 0.2) is 11.5 Å². The molecule has 1 aliphatic rings. The van der Waals surface area contributed by atoms with Gasteiger partial charge in [-0.05, 0) is 19.1 Å². The van der Waals surface area contributed by atoms with Crippen molar-refractivity contribution in [3.8, 4) is 11.5 Å². The molecule has 1 unspecified atom stereocenters. The van der Waals surface area contributed by atoms with E-state index in [1.165, 1.54) is 0 Å². The van der Waals surface area contributed by atoms with E-state index in [4.69, 9.17) is 14.6 Å². The lowest BCUT2D eigenvalue weighted by Gasteiger charge is -2.27. The maximum Gasteiger partial charge on any atom is 0.320 e. The van der Waals surface area contributed by atoms with Gasteiger partial charge in [0.2, 0.25) is 0 Å². The molecular formula is C12H15NO4. The molecule has 5 nitrogen and oxygen atoms in total. The van der Waals surface area contributed by atoms with Crippen LogP contribution in [0.1, 0.15) is 6.92 Å². The van der Waals surface area contributed by atoms with Crippen LogP contribution in [0.5, 0.6) is 11.5 Å². The molecule has 1 aromatic rings. The van der Waals surface area contributed by atoms with Crippen LogP contribution in [0.3, 0.4) is 0 Å². The zero-order chi connectivity index (χ0) is 12.3. The van der Waals surface area contributed by atoms with E-state index in [0.29, 0.717) is 18.9 Å². The summed E-state index contributed by atoms with van der Waals surface area (Å²) in [5.41, 5.74) is 0. The van der Waals surface area contributed by atoms with E-state index >= 15 is 0 Å². The van der Waals surface area contributed by atoms with Crippen LogP contribution in [-0.4, -0.2) is 36.4 Å². The van der Waals surface area contributed by atoms with Gasteiger partial charge in [0.1, 0.15) is 18.8 Å². The lowest BCUT2D eigenvalue weighted by atomic mass is 10.2. The Kier molecular flexibility index (Phi) is 3.49. The zero-order valence-corrected chi connectivity index (χ0v) is 9.55. The number of hydrogen-bond donors (Lipinski definition) is 2. The third kappa shape index (κ3) is 2.88. The fourth-order valence-electron chi connectivity index (χ4n) is 1.56. The highest BCUT2D eigenvalue weighted by molar-refractivity contribution is 5.72. The molecule has 1 aromatic carbocycles. The Hall–Kier alpha value is -1.75. The van der Waals surface area contributed by atoms with Crippen molar-refractivity contribution in [1.29, 1.82) is 0 Å². The second kappa shape index (κ2) is 5.05. The maximum atomic E-state index is 10.6. The molecule has 0 bridgehead atoms. The molecule has 0 fully saturated rings. The van der Waals surface area contributed by atoms with Crippen molar-refractivity contribution >= 4 is 5.97 Å². The topological polar surface area (TPSA) is 67.8 Å². The van der Waals surface area contributed by atoms with Crippen LogP contribution in [-0.2, 0) is 4.79 Å². The Morgan fingerprint density at radius 1 is 1.53 bits per heavy atom. The number of benzene rings is 1. The minimum absolute atomic E-state index is 0.160. The van der Waals surface area contributed by atoms with E-state index in [1.807, 2.05) is 24.3 Å². The number of carboxylic acid groups (broad SMARTS) is 1. The first-order chi connectivity index (χ1) is 8.16. The van der Waals surface area contributed by atoms with E-state index in [1.54, 1.807) is 6.92 Å². The van der Waals surface area contributed by atoms with Crippen LogP contribution in [0.15, 0.2) is 24.3 Å². The molecule has 2 rings (SSSR count). The van der Waals surface area contributed by atoms with Crippen molar-refractivity contribution < 1.29 is 19.4 Å². The van der Waals surface area contributed by atoms with Gasteiger partial charge in [-0.25, -0.2) is 0 Å². The molecule has 17 heavy (non-hydrogen) atoms. The molecule has 2 N–H and O–H groups in total. The Bertz CT molecular complexity index is 407. The number of hydrogen-bond acceptors (Lipinski definition) is 4. The average molecular weight is 237 g/mol. The number of carboxylic acids is 1. The quantitative estimate of drug-likeness (QED) is 0.814. The first-order valence-corrected chi connectivity index (χ1v) is 5.51. The summed E-state index contributed by atoms with van der Waals surface area (Å²) >= 11 is 0. The lowest BCUT2D eigenvalue weighted by Crippen LogP contribution is -2.44. The van der Waals surface area contributed by atoms with Gasteiger partial charge in [0, 0.05) is 6.54 Å². The third-order valence-electron chi connectivity index (χ3n) is 2.59.